The normalized spacial score (nSPS) is 42.5. The van der Waals surface area contributed by atoms with Crippen molar-refractivity contribution in [3.63, 3.8) is 0 Å². The zero-order chi connectivity index (χ0) is 19.6. The maximum atomic E-state index is 14.5. The first kappa shape index (κ1) is 23.6. The maximum Gasteiger partial charge on any atom is 0.358 e. The van der Waals surface area contributed by atoms with Gasteiger partial charge in [-0.25, -0.2) is 13.2 Å². The molecule has 0 aliphatic heterocycles. The van der Waals surface area contributed by atoms with Crippen LogP contribution in [0, 0.1) is 23.7 Å². The first-order valence-electron chi connectivity index (χ1n) is 10.4. The maximum absolute atomic E-state index is 14.5. The summed E-state index contributed by atoms with van der Waals surface area (Å²) in [4.78, 5) is 0. The highest BCUT2D eigenvalue weighted by Crippen LogP contribution is 2.46. The number of hydrogen-bond acceptors (Lipinski definition) is 1. The summed E-state index contributed by atoms with van der Waals surface area (Å²) in [7, 11) is 0. The van der Waals surface area contributed by atoms with Gasteiger partial charge in [-0.15, -0.1) is 6.58 Å². The van der Waals surface area contributed by atoms with Gasteiger partial charge in [0.1, 0.15) is 12.3 Å². The molecular weight excluding hydrogens is 379 g/mol. The Morgan fingerprint density at radius 1 is 0.821 bits per heavy atom. The second-order valence-corrected chi connectivity index (χ2v) is 8.77. The second kappa shape index (κ2) is 9.88. The standard InChI is InChI=1S/C21H31F5O.H2O.2H2/c1-2-13-3-5-14(6-4-13)15-7-9-16(10-8-15)21(25,26)27-17-11-18(22)20(24)19(23)12-17;;;/h2,13-20H,1,3-12H2;1H2;2*1H. The van der Waals surface area contributed by atoms with Crippen LogP contribution in [0.25, 0.3) is 0 Å². The van der Waals surface area contributed by atoms with Gasteiger partial charge >= 0.3 is 6.11 Å². The van der Waals surface area contributed by atoms with E-state index in [1.54, 1.807) is 0 Å². The monoisotopic (exact) mass is 416 g/mol. The van der Waals surface area contributed by atoms with Crippen molar-refractivity contribution in [2.45, 2.75) is 94.9 Å². The topological polar surface area (TPSA) is 40.7 Å². The molecule has 0 bridgehead atoms. The summed E-state index contributed by atoms with van der Waals surface area (Å²) < 4.78 is 74.0. The first-order chi connectivity index (χ1) is 12.8. The van der Waals surface area contributed by atoms with Gasteiger partial charge in [0.05, 0.1) is 12.0 Å². The van der Waals surface area contributed by atoms with E-state index in [0.29, 0.717) is 30.6 Å². The van der Waals surface area contributed by atoms with Crippen LogP contribution in [-0.4, -0.2) is 36.2 Å². The molecule has 0 spiro atoms. The molecule has 7 heteroatoms. The molecular formula is C21H37F5O2. The minimum absolute atomic E-state index is 0. The fourth-order valence-corrected chi connectivity index (χ4v) is 5.28. The van der Waals surface area contributed by atoms with Crippen LogP contribution in [0.5, 0.6) is 0 Å². The average molecular weight is 417 g/mol. The molecule has 3 rings (SSSR count). The predicted molar refractivity (Wildman–Crippen MR) is 103 cm³/mol. The lowest BCUT2D eigenvalue weighted by atomic mass is 9.69. The van der Waals surface area contributed by atoms with E-state index in [1.807, 2.05) is 6.08 Å². The van der Waals surface area contributed by atoms with Gasteiger partial charge in [0, 0.05) is 15.7 Å². The average Bonchev–Trinajstić information content (AvgIpc) is 2.66. The third kappa shape index (κ3) is 5.47. The molecule has 0 amide bonds. The van der Waals surface area contributed by atoms with Crippen LogP contribution in [0.2, 0.25) is 0 Å². The van der Waals surface area contributed by atoms with Crippen LogP contribution in [0.4, 0.5) is 22.0 Å². The summed E-state index contributed by atoms with van der Waals surface area (Å²) in [5.41, 5.74) is 0. The zero-order valence-electron chi connectivity index (χ0n) is 16.3. The number of halogens is 5. The van der Waals surface area contributed by atoms with Crippen molar-refractivity contribution in [3.05, 3.63) is 12.7 Å². The minimum Gasteiger partial charge on any atom is -0.412 e. The first-order valence-corrected chi connectivity index (χ1v) is 10.4. The van der Waals surface area contributed by atoms with E-state index < -0.39 is 49.5 Å². The van der Waals surface area contributed by atoms with Crippen molar-refractivity contribution in [1.29, 1.82) is 0 Å². The molecule has 3 aliphatic carbocycles. The molecule has 0 saturated heterocycles. The van der Waals surface area contributed by atoms with Gasteiger partial charge in [0.15, 0.2) is 6.17 Å². The lowest BCUT2D eigenvalue weighted by Crippen LogP contribution is -2.45. The Bertz CT molecular complexity index is 486. The molecule has 28 heavy (non-hydrogen) atoms. The third-order valence-corrected chi connectivity index (χ3v) is 7.05. The van der Waals surface area contributed by atoms with Crippen LogP contribution in [0.3, 0.4) is 0 Å². The molecule has 2 atom stereocenters. The Labute approximate surface area is 167 Å². The molecule has 3 aliphatic rings. The van der Waals surface area contributed by atoms with Crippen molar-refractivity contribution in [2.75, 3.05) is 0 Å². The summed E-state index contributed by atoms with van der Waals surface area (Å²) in [6.07, 6.45) is -3.22. The Hall–Kier alpha value is -0.690. The fraction of sp³-hybridized carbons (Fsp3) is 0.905. The van der Waals surface area contributed by atoms with Crippen molar-refractivity contribution in [1.82, 2.24) is 0 Å². The van der Waals surface area contributed by atoms with Crippen LogP contribution in [-0.2, 0) is 4.74 Å². The summed E-state index contributed by atoms with van der Waals surface area (Å²) in [6.45, 7) is 3.86. The van der Waals surface area contributed by atoms with Crippen LogP contribution >= 0.6 is 0 Å². The molecule has 2 N–H and O–H groups in total. The molecule has 0 aromatic heterocycles. The van der Waals surface area contributed by atoms with E-state index >= 15 is 0 Å². The molecule has 0 radical (unpaired) electrons. The quantitative estimate of drug-likeness (QED) is 0.386. The summed E-state index contributed by atoms with van der Waals surface area (Å²) in [6, 6.07) is 0. The van der Waals surface area contributed by atoms with Gasteiger partial charge in [-0.2, -0.15) is 8.78 Å². The Morgan fingerprint density at radius 3 is 1.75 bits per heavy atom. The van der Waals surface area contributed by atoms with Crippen LogP contribution < -0.4 is 0 Å². The SMILES string of the molecule is C=CC1CCC(C2CCC(C(F)(F)OC3CC(F)C(F)C(F)C3)CC2)CC1.O.[HH].[HH]. The molecule has 0 heterocycles. The smallest absolute Gasteiger partial charge is 0.358 e. The Kier molecular flexibility index (Phi) is 8.32. The summed E-state index contributed by atoms with van der Waals surface area (Å²) >= 11 is 0. The van der Waals surface area contributed by atoms with E-state index in [1.165, 1.54) is 0 Å². The summed E-state index contributed by atoms with van der Waals surface area (Å²) in [5, 5.41) is 0. The highest BCUT2D eigenvalue weighted by molar-refractivity contribution is 4.90. The zero-order valence-corrected chi connectivity index (χ0v) is 16.3. The van der Waals surface area contributed by atoms with Crippen molar-refractivity contribution in [2.24, 2.45) is 23.7 Å². The van der Waals surface area contributed by atoms with E-state index in [0.717, 1.165) is 38.5 Å². The Morgan fingerprint density at radius 2 is 1.29 bits per heavy atom. The second-order valence-electron chi connectivity index (χ2n) is 8.77. The summed E-state index contributed by atoms with van der Waals surface area (Å²) in [5.74, 6) is 0.761. The number of allylic oxidation sites excluding steroid dienone is 1. The third-order valence-electron chi connectivity index (χ3n) is 7.05. The number of rotatable bonds is 5. The molecule has 0 aromatic carbocycles. The lowest BCUT2D eigenvalue weighted by molar-refractivity contribution is -0.306. The predicted octanol–water partition coefficient (Wildman–Crippen LogP) is 6.24. The molecule has 2 nitrogen and oxygen atoms in total. The fourth-order valence-electron chi connectivity index (χ4n) is 5.28. The highest BCUT2D eigenvalue weighted by atomic mass is 19.3. The highest BCUT2D eigenvalue weighted by Gasteiger charge is 2.48. The van der Waals surface area contributed by atoms with E-state index in [4.69, 9.17) is 4.74 Å². The number of alkyl halides is 5. The van der Waals surface area contributed by atoms with Crippen molar-refractivity contribution in [3.8, 4) is 0 Å². The van der Waals surface area contributed by atoms with E-state index in [-0.39, 0.29) is 8.33 Å². The van der Waals surface area contributed by atoms with Gasteiger partial charge < -0.3 is 10.2 Å². The van der Waals surface area contributed by atoms with Gasteiger partial charge in [-0.05, 0) is 69.1 Å². The Balaban J connectivity index is 0.00000280. The molecule has 3 fully saturated rings. The van der Waals surface area contributed by atoms with Gasteiger partial charge in [-0.3, -0.25) is 0 Å². The van der Waals surface area contributed by atoms with Crippen molar-refractivity contribution >= 4 is 0 Å². The van der Waals surface area contributed by atoms with Gasteiger partial charge in [0.25, 0.3) is 0 Å². The van der Waals surface area contributed by atoms with E-state index in [2.05, 4.69) is 6.58 Å². The molecule has 2 unspecified atom stereocenters. The number of hydrogen-bond donors (Lipinski definition) is 0. The molecule has 0 aromatic rings. The number of ether oxygens (including phenoxy) is 1. The van der Waals surface area contributed by atoms with Gasteiger partial charge in [-0.1, -0.05) is 6.08 Å². The van der Waals surface area contributed by atoms with Crippen LogP contribution in [0.15, 0.2) is 12.7 Å². The van der Waals surface area contributed by atoms with Gasteiger partial charge in [0.2, 0.25) is 0 Å². The van der Waals surface area contributed by atoms with Crippen molar-refractivity contribution < 1.29 is 35.0 Å². The minimum atomic E-state index is -3.40. The molecule has 3 saturated carbocycles. The largest absolute Gasteiger partial charge is 0.412 e. The molecule has 168 valence electrons. The van der Waals surface area contributed by atoms with E-state index in [9.17, 15) is 22.0 Å². The lowest BCUT2D eigenvalue weighted by Gasteiger charge is -2.40. The van der Waals surface area contributed by atoms with Crippen LogP contribution in [0.1, 0.15) is 67.1 Å².